The van der Waals surface area contributed by atoms with Crippen molar-refractivity contribution < 1.29 is 13.3 Å². The van der Waals surface area contributed by atoms with Gasteiger partial charge in [0.2, 0.25) is 0 Å². The van der Waals surface area contributed by atoms with E-state index in [1.807, 2.05) is 0 Å². The average Bonchev–Trinajstić information content (AvgIpc) is 2.70. The maximum atomic E-state index is 12.5. The first kappa shape index (κ1) is 20.2. The molecule has 148 valence electrons. The highest BCUT2D eigenvalue weighted by Gasteiger charge is 2.21. The van der Waals surface area contributed by atoms with Crippen LogP contribution in [0.5, 0.6) is 0 Å². The molecule has 0 radical (unpaired) electrons. The van der Waals surface area contributed by atoms with Gasteiger partial charge in [-0.05, 0) is 42.5 Å². The minimum Gasteiger partial charge on any atom is -0.280 e. The number of hydrogen-bond acceptors (Lipinski definition) is 7. The van der Waals surface area contributed by atoms with Gasteiger partial charge in [0, 0.05) is 34.7 Å². The van der Waals surface area contributed by atoms with Crippen molar-refractivity contribution >= 4 is 44.9 Å². The van der Waals surface area contributed by atoms with E-state index in [-0.39, 0.29) is 16.3 Å². The molecule has 0 bridgehead atoms. The summed E-state index contributed by atoms with van der Waals surface area (Å²) in [6, 6.07) is 13.0. The van der Waals surface area contributed by atoms with Gasteiger partial charge in [-0.15, -0.1) is 0 Å². The van der Waals surface area contributed by atoms with Gasteiger partial charge in [-0.25, -0.2) is 8.42 Å². The smallest absolute Gasteiger partial charge is 0.280 e. The van der Waals surface area contributed by atoms with Crippen LogP contribution in [0.25, 0.3) is 0 Å². The lowest BCUT2D eigenvalue weighted by Gasteiger charge is -2.09. The highest BCUT2D eigenvalue weighted by atomic mass is 35.5. The van der Waals surface area contributed by atoms with E-state index in [9.17, 15) is 18.5 Å². The summed E-state index contributed by atoms with van der Waals surface area (Å²) in [5, 5.41) is 15.8. The predicted molar refractivity (Wildman–Crippen MR) is 111 cm³/mol. The Morgan fingerprint density at radius 1 is 1.14 bits per heavy atom. The summed E-state index contributed by atoms with van der Waals surface area (Å²) in [6.45, 7) is 0. The Labute approximate surface area is 171 Å². The first-order valence-corrected chi connectivity index (χ1v) is 9.97. The molecule has 3 rings (SSSR count). The van der Waals surface area contributed by atoms with Crippen LogP contribution >= 0.6 is 11.6 Å². The van der Waals surface area contributed by atoms with Crippen molar-refractivity contribution in [2.24, 2.45) is 5.10 Å². The summed E-state index contributed by atoms with van der Waals surface area (Å²) in [4.78, 5) is 14.4. The molecule has 0 amide bonds. The van der Waals surface area contributed by atoms with Gasteiger partial charge < -0.3 is 0 Å². The van der Waals surface area contributed by atoms with Crippen LogP contribution in [-0.4, -0.2) is 24.5 Å². The van der Waals surface area contributed by atoms with Crippen molar-refractivity contribution in [1.82, 2.24) is 4.98 Å². The maximum absolute atomic E-state index is 12.5. The van der Waals surface area contributed by atoms with Crippen LogP contribution < -0.4 is 10.1 Å². The molecular weight excluding hydrogens is 418 g/mol. The van der Waals surface area contributed by atoms with E-state index in [1.54, 1.807) is 24.5 Å². The van der Waals surface area contributed by atoms with E-state index in [0.29, 0.717) is 10.6 Å². The lowest BCUT2D eigenvalue weighted by molar-refractivity contribution is -0.384. The molecule has 0 atom stereocenters. The molecule has 1 aromatic heterocycles. The molecule has 0 fully saturated rings. The minimum absolute atomic E-state index is 0.0422. The SMILES string of the molecule is O=[N+]([O-])c1cc(S(=O)(=O)Nc2ccc(Cl)cc2)ccc1NN=Cc1cccnc1. The third-order valence-corrected chi connectivity index (χ3v) is 5.29. The largest absolute Gasteiger partial charge is 0.295 e. The molecule has 0 unspecified atom stereocenters. The van der Waals surface area contributed by atoms with Gasteiger partial charge >= 0.3 is 0 Å². The molecule has 3 aromatic rings. The van der Waals surface area contributed by atoms with Crippen molar-refractivity contribution in [3.63, 3.8) is 0 Å². The topological polar surface area (TPSA) is 127 Å². The summed E-state index contributed by atoms with van der Waals surface area (Å²) in [6.07, 6.45) is 4.61. The fraction of sp³-hybridized carbons (Fsp3) is 0. The number of aromatic nitrogens is 1. The number of anilines is 2. The molecule has 1 heterocycles. The van der Waals surface area contributed by atoms with Crippen LogP contribution in [0, 0.1) is 10.1 Å². The molecule has 0 saturated heterocycles. The standard InChI is InChI=1S/C18H14ClN5O4S/c19-14-3-5-15(6-4-14)23-29(27,28)16-7-8-17(18(10-16)24(25)26)22-21-12-13-2-1-9-20-11-13/h1-12,22-23H. The zero-order valence-corrected chi connectivity index (χ0v) is 16.3. The van der Waals surface area contributed by atoms with Gasteiger partial charge in [0.25, 0.3) is 15.7 Å². The Morgan fingerprint density at radius 2 is 1.90 bits per heavy atom. The summed E-state index contributed by atoms with van der Waals surface area (Å²) in [7, 11) is -4.03. The van der Waals surface area contributed by atoms with Crippen LogP contribution in [0.4, 0.5) is 17.1 Å². The third-order valence-electron chi connectivity index (χ3n) is 3.66. The zero-order chi connectivity index (χ0) is 20.9. The molecule has 0 aliphatic rings. The summed E-state index contributed by atoms with van der Waals surface area (Å²) >= 11 is 5.78. The third kappa shape index (κ3) is 5.27. The van der Waals surface area contributed by atoms with Crippen molar-refractivity contribution in [3.8, 4) is 0 Å². The fourth-order valence-corrected chi connectivity index (χ4v) is 3.49. The van der Waals surface area contributed by atoms with Gasteiger partial charge in [-0.2, -0.15) is 5.10 Å². The fourth-order valence-electron chi connectivity index (χ4n) is 2.28. The maximum Gasteiger partial charge on any atom is 0.295 e. The van der Waals surface area contributed by atoms with E-state index in [4.69, 9.17) is 11.6 Å². The Kier molecular flexibility index (Phi) is 6.05. The Hall–Kier alpha value is -3.50. The number of hydrazone groups is 1. The summed E-state index contributed by atoms with van der Waals surface area (Å²) in [5.41, 5.74) is 3.12. The second-order valence-electron chi connectivity index (χ2n) is 5.70. The number of hydrogen-bond donors (Lipinski definition) is 2. The van der Waals surface area contributed by atoms with Crippen LogP contribution in [0.15, 0.2) is 77.0 Å². The summed E-state index contributed by atoms with van der Waals surface area (Å²) in [5.74, 6) is 0. The van der Waals surface area contributed by atoms with Gasteiger partial charge in [-0.1, -0.05) is 17.7 Å². The summed E-state index contributed by atoms with van der Waals surface area (Å²) < 4.78 is 27.4. The number of nitro groups is 1. The zero-order valence-electron chi connectivity index (χ0n) is 14.7. The number of halogens is 1. The number of pyridine rings is 1. The van der Waals surface area contributed by atoms with Gasteiger partial charge in [0.1, 0.15) is 5.69 Å². The number of sulfonamides is 1. The van der Waals surface area contributed by atoms with Crippen LogP contribution in [0.1, 0.15) is 5.56 Å². The Balaban J connectivity index is 1.84. The van der Waals surface area contributed by atoms with Crippen LogP contribution in [-0.2, 0) is 10.0 Å². The lowest BCUT2D eigenvalue weighted by atomic mass is 10.3. The van der Waals surface area contributed by atoms with E-state index >= 15 is 0 Å². The normalized spacial score (nSPS) is 11.3. The van der Waals surface area contributed by atoms with Crippen molar-refractivity contribution in [2.75, 3.05) is 10.1 Å². The first-order valence-electron chi connectivity index (χ1n) is 8.11. The van der Waals surface area contributed by atoms with E-state index in [2.05, 4.69) is 20.2 Å². The monoisotopic (exact) mass is 431 g/mol. The van der Waals surface area contributed by atoms with Crippen molar-refractivity contribution in [2.45, 2.75) is 4.90 Å². The number of benzene rings is 2. The second kappa shape index (κ2) is 8.67. The highest BCUT2D eigenvalue weighted by Crippen LogP contribution is 2.28. The van der Waals surface area contributed by atoms with Crippen LogP contribution in [0.3, 0.4) is 0 Å². The molecule has 11 heteroatoms. The molecule has 0 aliphatic heterocycles. The predicted octanol–water partition coefficient (Wildman–Crippen LogP) is 3.89. The molecule has 2 N–H and O–H groups in total. The molecule has 2 aromatic carbocycles. The first-order chi connectivity index (χ1) is 13.8. The van der Waals surface area contributed by atoms with Crippen LogP contribution in [0.2, 0.25) is 5.02 Å². The van der Waals surface area contributed by atoms with Gasteiger partial charge in [0.05, 0.1) is 16.0 Å². The average molecular weight is 432 g/mol. The number of nitrogens with zero attached hydrogens (tertiary/aromatic N) is 3. The molecule has 9 nitrogen and oxygen atoms in total. The second-order valence-corrected chi connectivity index (χ2v) is 7.82. The molecule has 0 spiro atoms. The Morgan fingerprint density at radius 3 is 2.55 bits per heavy atom. The molecule has 0 saturated carbocycles. The van der Waals surface area contributed by atoms with Gasteiger partial charge in [-0.3, -0.25) is 25.2 Å². The quantitative estimate of drug-likeness (QED) is 0.332. The number of rotatable bonds is 7. The van der Waals surface area contributed by atoms with Crippen molar-refractivity contribution in [3.05, 3.63) is 87.7 Å². The molecule has 0 aliphatic carbocycles. The van der Waals surface area contributed by atoms with Gasteiger partial charge in [0.15, 0.2) is 0 Å². The van der Waals surface area contributed by atoms with E-state index < -0.39 is 20.6 Å². The number of nitro benzene ring substituents is 1. The molecular formula is C18H14ClN5O4S. The lowest BCUT2D eigenvalue weighted by Crippen LogP contribution is -2.13. The van der Waals surface area contributed by atoms with E-state index in [1.165, 1.54) is 42.6 Å². The number of nitrogens with one attached hydrogen (secondary N) is 2. The Bertz CT molecular complexity index is 1150. The van der Waals surface area contributed by atoms with Crippen molar-refractivity contribution in [1.29, 1.82) is 0 Å². The highest BCUT2D eigenvalue weighted by molar-refractivity contribution is 7.92. The minimum atomic E-state index is -4.03. The molecule has 29 heavy (non-hydrogen) atoms. The van der Waals surface area contributed by atoms with E-state index in [0.717, 1.165) is 6.07 Å².